The molecular weight excluding hydrogens is 516 g/mol. The number of carbonyl (C=O) groups is 2. The van der Waals surface area contributed by atoms with Crippen molar-refractivity contribution in [2.24, 2.45) is 0 Å². The Morgan fingerprint density at radius 1 is 1.08 bits per heavy atom. The summed E-state index contributed by atoms with van der Waals surface area (Å²) in [6, 6.07) is 14.7. The topological polar surface area (TPSA) is 102 Å². The fraction of sp³-hybridized carbons (Fsp3) is 0.259. The van der Waals surface area contributed by atoms with Crippen LogP contribution >= 0.6 is 11.6 Å². The summed E-state index contributed by atoms with van der Waals surface area (Å²) >= 11 is 6.09. The van der Waals surface area contributed by atoms with Gasteiger partial charge in [0.2, 0.25) is 0 Å². The molecule has 4 rings (SSSR count). The first-order valence-corrected chi connectivity index (χ1v) is 13.5. The molecule has 0 fully saturated rings. The Morgan fingerprint density at radius 3 is 2.49 bits per heavy atom. The minimum atomic E-state index is -4.00. The second kappa shape index (κ2) is 10.8. The maximum absolute atomic E-state index is 13.6. The smallest absolute Gasteiger partial charge is 0.310 e. The molecule has 0 bridgehead atoms. The van der Waals surface area contributed by atoms with Gasteiger partial charge in [-0.2, -0.15) is 0 Å². The van der Waals surface area contributed by atoms with Crippen molar-refractivity contribution in [1.29, 1.82) is 0 Å². The molecule has 1 amide bonds. The van der Waals surface area contributed by atoms with Crippen LogP contribution in [0.2, 0.25) is 5.02 Å². The lowest BCUT2D eigenvalue weighted by atomic mass is 10.0. The Balaban J connectivity index is 1.59. The van der Waals surface area contributed by atoms with Gasteiger partial charge in [0.05, 0.1) is 25.8 Å². The average Bonchev–Trinajstić information content (AvgIpc) is 3.31. The predicted octanol–water partition coefficient (Wildman–Crippen LogP) is 4.77. The minimum Gasteiger partial charge on any atom is -0.495 e. The molecule has 3 aromatic carbocycles. The predicted molar refractivity (Wildman–Crippen MR) is 142 cm³/mol. The molecule has 0 aromatic heterocycles. The molecule has 1 aliphatic heterocycles. The summed E-state index contributed by atoms with van der Waals surface area (Å²) in [5.41, 5.74) is 3.78. The number of anilines is 2. The highest BCUT2D eigenvalue weighted by Gasteiger charge is 2.34. The number of hydrogen-bond acceptors (Lipinski definition) is 6. The molecule has 0 saturated heterocycles. The molecule has 0 saturated carbocycles. The van der Waals surface area contributed by atoms with Gasteiger partial charge in [-0.1, -0.05) is 23.7 Å². The third-order valence-electron chi connectivity index (χ3n) is 6.10. The van der Waals surface area contributed by atoms with E-state index in [0.29, 0.717) is 30.0 Å². The fourth-order valence-corrected chi connectivity index (χ4v) is 6.23. The van der Waals surface area contributed by atoms with Gasteiger partial charge in [-0.3, -0.25) is 13.9 Å². The number of aryl methyl sites for hydroxylation is 1. The molecule has 0 aliphatic carbocycles. The van der Waals surface area contributed by atoms with Crippen LogP contribution in [0.4, 0.5) is 11.4 Å². The highest BCUT2D eigenvalue weighted by atomic mass is 35.5. The Bertz CT molecular complexity index is 1450. The lowest BCUT2D eigenvalue weighted by molar-refractivity contribution is -0.142. The standard InChI is InChI=1S/C27H27ClN2O6S/c1-4-36-26(31)14-18-5-8-21(9-6-18)29-27(32)19-13-17(2)22-11-12-30(23(22)15-19)37(33,34)25-16-20(28)7-10-24(25)35-3/h5-10,13,15-16H,4,11-12,14H2,1-3H3,(H,29,32). The molecule has 10 heteroatoms. The van der Waals surface area contributed by atoms with Gasteiger partial charge in [0.1, 0.15) is 10.6 Å². The van der Waals surface area contributed by atoms with Gasteiger partial charge in [0.25, 0.3) is 15.9 Å². The SMILES string of the molecule is CCOC(=O)Cc1ccc(NC(=O)c2cc(C)c3c(c2)N(S(=O)(=O)c2cc(Cl)ccc2OC)CC3)cc1. The minimum absolute atomic E-state index is 0.0363. The monoisotopic (exact) mass is 542 g/mol. The van der Waals surface area contributed by atoms with Crippen molar-refractivity contribution in [1.82, 2.24) is 0 Å². The largest absolute Gasteiger partial charge is 0.495 e. The first-order valence-electron chi connectivity index (χ1n) is 11.7. The van der Waals surface area contributed by atoms with Crippen LogP contribution in [-0.4, -0.2) is 40.6 Å². The van der Waals surface area contributed by atoms with Crippen LogP contribution < -0.4 is 14.4 Å². The number of ether oxygens (including phenoxy) is 2. The summed E-state index contributed by atoms with van der Waals surface area (Å²) in [5.74, 6) is -0.508. The molecule has 1 N–H and O–H groups in total. The number of halogens is 1. The van der Waals surface area contributed by atoms with E-state index in [1.165, 1.54) is 23.5 Å². The van der Waals surface area contributed by atoms with Crippen molar-refractivity contribution < 1.29 is 27.5 Å². The van der Waals surface area contributed by atoms with Crippen LogP contribution in [0.1, 0.15) is 34.0 Å². The van der Waals surface area contributed by atoms with Gasteiger partial charge in [-0.25, -0.2) is 8.42 Å². The van der Waals surface area contributed by atoms with E-state index in [0.717, 1.165) is 16.7 Å². The number of benzene rings is 3. The summed E-state index contributed by atoms with van der Waals surface area (Å²) in [6.45, 7) is 4.16. The number of carbonyl (C=O) groups excluding carboxylic acids is 2. The number of nitrogens with zero attached hydrogens (tertiary/aromatic N) is 1. The molecule has 37 heavy (non-hydrogen) atoms. The number of rotatable bonds is 8. The van der Waals surface area contributed by atoms with Crippen LogP contribution in [0.15, 0.2) is 59.5 Å². The van der Waals surface area contributed by atoms with Crippen LogP contribution in [-0.2, 0) is 32.4 Å². The van der Waals surface area contributed by atoms with Gasteiger partial charge in [0.15, 0.2) is 0 Å². The number of sulfonamides is 1. The molecule has 0 radical (unpaired) electrons. The zero-order chi connectivity index (χ0) is 26.7. The summed E-state index contributed by atoms with van der Waals surface area (Å²) < 4.78 is 38.8. The molecule has 1 heterocycles. The number of methoxy groups -OCH3 is 1. The third kappa shape index (κ3) is 5.57. The summed E-state index contributed by atoms with van der Waals surface area (Å²) in [7, 11) is -2.60. The molecule has 1 aliphatic rings. The maximum atomic E-state index is 13.6. The maximum Gasteiger partial charge on any atom is 0.310 e. The first kappa shape index (κ1) is 26.5. The molecule has 0 unspecified atom stereocenters. The summed E-state index contributed by atoms with van der Waals surface area (Å²) in [4.78, 5) is 24.7. The zero-order valence-electron chi connectivity index (χ0n) is 20.7. The van der Waals surface area contributed by atoms with Crippen molar-refractivity contribution in [2.45, 2.75) is 31.6 Å². The summed E-state index contributed by atoms with van der Waals surface area (Å²) in [5, 5.41) is 3.11. The van der Waals surface area contributed by atoms with Crippen LogP contribution in [0, 0.1) is 6.92 Å². The second-order valence-electron chi connectivity index (χ2n) is 8.55. The van der Waals surface area contributed by atoms with E-state index in [1.54, 1.807) is 49.4 Å². The van der Waals surface area contributed by atoms with Crippen LogP contribution in [0.3, 0.4) is 0 Å². The van der Waals surface area contributed by atoms with Gasteiger partial charge < -0.3 is 14.8 Å². The van der Waals surface area contributed by atoms with Crippen molar-refractivity contribution in [2.75, 3.05) is 29.9 Å². The highest BCUT2D eigenvalue weighted by Crippen LogP contribution is 2.38. The zero-order valence-corrected chi connectivity index (χ0v) is 22.3. The van der Waals surface area contributed by atoms with Crippen molar-refractivity contribution in [3.63, 3.8) is 0 Å². The molecule has 3 aromatic rings. The van der Waals surface area contributed by atoms with Crippen LogP contribution in [0.5, 0.6) is 5.75 Å². The fourth-order valence-electron chi connectivity index (χ4n) is 4.32. The second-order valence-corrected chi connectivity index (χ2v) is 10.8. The van der Waals surface area contributed by atoms with Crippen molar-refractivity contribution in [3.05, 3.63) is 81.9 Å². The molecule has 0 atom stereocenters. The van der Waals surface area contributed by atoms with E-state index in [2.05, 4.69) is 5.32 Å². The van der Waals surface area contributed by atoms with E-state index < -0.39 is 10.0 Å². The average molecular weight is 543 g/mol. The van der Waals surface area contributed by atoms with Gasteiger partial charge in [-0.15, -0.1) is 0 Å². The quantitative estimate of drug-likeness (QED) is 0.411. The Morgan fingerprint density at radius 2 is 1.81 bits per heavy atom. The number of esters is 1. The van der Waals surface area contributed by atoms with E-state index in [1.807, 2.05) is 6.92 Å². The van der Waals surface area contributed by atoms with Crippen molar-refractivity contribution in [3.8, 4) is 5.75 Å². The van der Waals surface area contributed by atoms with E-state index >= 15 is 0 Å². The molecule has 0 spiro atoms. The lowest BCUT2D eigenvalue weighted by Crippen LogP contribution is -2.29. The number of amides is 1. The van der Waals surface area contributed by atoms with Crippen LogP contribution in [0.25, 0.3) is 0 Å². The van der Waals surface area contributed by atoms with Gasteiger partial charge >= 0.3 is 5.97 Å². The lowest BCUT2D eigenvalue weighted by Gasteiger charge is -2.22. The number of fused-ring (bicyclic) bond motifs is 1. The van der Waals surface area contributed by atoms with E-state index in [-0.39, 0.29) is 40.5 Å². The Labute approximate surface area is 221 Å². The highest BCUT2D eigenvalue weighted by molar-refractivity contribution is 7.93. The number of hydrogen-bond donors (Lipinski definition) is 1. The third-order valence-corrected chi connectivity index (χ3v) is 8.17. The number of nitrogens with one attached hydrogen (secondary N) is 1. The van der Waals surface area contributed by atoms with Gasteiger partial charge in [-0.05, 0) is 79.4 Å². The summed E-state index contributed by atoms with van der Waals surface area (Å²) in [6.07, 6.45) is 0.668. The first-order chi connectivity index (χ1) is 17.6. The van der Waals surface area contributed by atoms with Crippen molar-refractivity contribution >= 4 is 44.9 Å². The van der Waals surface area contributed by atoms with E-state index in [9.17, 15) is 18.0 Å². The van der Waals surface area contributed by atoms with Gasteiger partial charge in [0, 0.05) is 22.8 Å². The molecular formula is C27H27ClN2O6S. The Kier molecular flexibility index (Phi) is 7.75. The Hall–Kier alpha value is -3.56. The normalized spacial score (nSPS) is 12.7. The molecule has 8 nitrogen and oxygen atoms in total. The molecule has 194 valence electrons. The van der Waals surface area contributed by atoms with E-state index in [4.69, 9.17) is 21.1 Å².